The van der Waals surface area contributed by atoms with E-state index in [1.54, 1.807) is 4.90 Å². The summed E-state index contributed by atoms with van der Waals surface area (Å²) in [6, 6.07) is 6.24. The molecule has 0 amide bonds. The smallest absolute Gasteiger partial charge is 0.416 e. The predicted octanol–water partition coefficient (Wildman–Crippen LogP) is 6.23. The van der Waals surface area contributed by atoms with Crippen LogP contribution in [0, 0.1) is 0 Å². The molecule has 35 heavy (non-hydrogen) atoms. The van der Waals surface area contributed by atoms with Gasteiger partial charge in [0.2, 0.25) is 0 Å². The zero-order valence-electron chi connectivity index (χ0n) is 18.0. The fraction of sp³-hybridized carbons (Fsp3) is 0.409. The summed E-state index contributed by atoms with van der Waals surface area (Å²) in [4.78, 5) is 12.5. The van der Waals surface area contributed by atoms with Crippen LogP contribution in [0.4, 0.5) is 26.3 Å². The average Bonchev–Trinajstić information content (AvgIpc) is 2.75. The SMILES string of the molecule is Cl.O=C(O)CCN1CCOC(c2ccc(OCc3c(Cl)cccc3C(F)(F)F)cc2C(F)(F)F)C1. The number of alkyl halides is 6. The largest absolute Gasteiger partial charge is 0.489 e. The number of halogens is 8. The molecule has 13 heteroatoms. The Labute approximate surface area is 208 Å². The molecule has 194 valence electrons. The molecule has 5 nitrogen and oxygen atoms in total. The molecule has 0 radical (unpaired) electrons. The molecule has 0 aliphatic carbocycles. The monoisotopic (exact) mass is 547 g/mol. The summed E-state index contributed by atoms with van der Waals surface area (Å²) in [6.07, 6.45) is -10.6. The molecule has 2 aromatic rings. The lowest BCUT2D eigenvalue weighted by atomic mass is 10.00. The highest BCUT2D eigenvalue weighted by Crippen LogP contribution is 2.40. The van der Waals surface area contributed by atoms with E-state index in [1.165, 1.54) is 12.1 Å². The first-order chi connectivity index (χ1) is 15.9. The van der Waals surface area contributed by atoms with Crippen molar-refractivity contribution in [3.8, 4) is 5.75 Å². The molecule has 0 bridgehead atoms. The molecule has 3 rings (SSSR count). The van der Waals surface area contributed by atoms with Crippen LogP contribution in [-0.4, -0.2) is 42.2 Å². The van der Waals surface area contributed by atoms with E-state index in [9.17, 15) is 31.1 Å². The molecule has 1 N–H and O–H groups in total. The van der Waals surface area contributed by atoms with Gasteiger partial charge in [-0.15, -0.1) is 12.4 Å². The minimum absolute atomic E-state index is 0. The van der Waals surface area contributed by atoms with Crippen molar-refractivity contribution in [3.63, 3.8) is 0 Å². The number of benzene rings is 2. The van der Waals surface area contributed by atoms with Crippen LogP contribution in [0.2, 0.25) is 5.02 Å². The van der Waals surface area contributed by atoms with Gasteiger partial charge in [-0.3, -0.25) is 9.69 Å². The third kappa shape index (κ3) is 7.63. The number of aliphatic carboxylic acids is 1. The molecule has 1 atom stereocenters. The van der Waals surface area contributed by atoms with Gasteiger partial charge in [-0.05, 0) is 29.8 Å². The molecule has 1 unspecified atom stereocenters. The molecule has 1 heterocycles. The van der Waals surface area contributed by atoms with Crippen LogP contribution < -0.4 is 4.74 Å². The molecule has 1 aliphatic rings. The highest BCUT2D eigenvalue weighted by Gasteiger charge is 2.38. The topological polar surface area (TPSA) is 59.0 Å². The molecule has 0 spiro atoms. The van der Waals surface area contributed by atoms with Crippen molar-refractivity contribution < 1.29 is 45.7 Å². The number of carbonyl (C=O) groups is 1. The van der Waals surface area contributed by atoms with Gasteiger partial charge in [0, 0.05) is 30.2 Å². The minimum atomic E-state index is -4.79. The number of carboxylic acid groups (broad SMARTS) is 1. The molecular weight excluding hydrogens is 527 g/mol. The van der Waals surface area contributed by atoms with E-state index in [4.69, 9.17) is 26.2 Å². The first-order valence-corrected chi connectivity index (χ1v) is 10.5. The van der Waals surface area contributed by atoms with Gasteiger partial charge in [-0.2, -0.15) is 26.3 Å². The highest BCUT2D eigenvalue weighted by atomic mass is 35.5. The Morgan fingerprint density at radius 2 is 1.80 bits per heavy atom. The van der Waals surface area contributed by atoms with Gasteiger partial charge in [-0.1, -0.05) is 23.7 Å². The quantitative estimate of drug-likeness (QED) is 0.416. The fourth-order valence-electron chi connectivity index (χ4n) is 3.63. The van der Waals surface area contributed by atoms with Gasteiger partial charge in [0.25, 0.3) is 0 Å². The lowest BCUT2D eigenvalue weighted by Gasteiger charge is -2.34. The normalized spacial score (nSPS) is 17.1. The maximum absolute atomic E-state index is 13.8. The van der Waals surface area contributed by atoms with Crippen LogP contribution in [0.25, 0.3) is 0 Å². The van der Waals surface area contributed by atoms with Gasteiger partial charge in [0.05, 0.1) is 30.3 Å². The Morgan fingerprint density at radius 3 is 2.43 bits per heavy atom. The second-order valence-electron chi connectivity index (χ2n) is 7.60. The first kappa shape index (κ1) is 29.0. The summed E-state index contributed by atoms with van der Waals surface area (Å²) in [5.41, 5.74) is -2.65. The van der Waals surface area contributed by atoms with Crippen LogP contribution in [-0.2, 0) is 28.5 Å². The number of morpholine rings is 1. The van der Waals surface area contributed by atoms with Crippen LogP contribution >= 0.6 is 24.0 Å². The van der Waals surface area contributed by atoms with E-state index in [1.807, 2.05) is 0 Å². The van der Waals surface area contributed by atoms with Gasteiger partial charge >= 0.3 is 18.3 Å². The van der Waals surface area contributed by atoms with Crippen molar-refractivity contribution in [3.05, 3.63) is 63.7 Å². The summed E-state index contributed by atoms with van der Waals surface area (Å²) in [5, 5.41) is 8.61. The number of carboxylic acids is 1. The van der Waals surface area contributed by atoms with Crippen LogP contribution in [0.1, 0.15) is 34.8 Å². The zero-order chi connectivity index (χ0) is 25.1. The van der Waals surface area contributed by atoms with Crippen LogP contribution in [0.15, 0.2) is 36.4 Å². The van der Waals surface area contributed by atoms with E-state index in [0.29, 0.717) is 12.6 Å². The Hall–Kier alpha value is -2.21. The van der Waals surface area contributed by atoms with E-state index in [0.717, 1.165) is 18.2 Å². The van der Waals surface area contributed by atoms with E-state index in [-0.39, 0.29) is 60.4 Å². The summed E-state index contributed by atoms with van der Waals surface area (Å²) in [7, 11) is 0. The Morgan fingerprint density at radius 1 is 1.11 bits per heavy atom. The molecule has 2 aromatic carbocycles. The van der Waals surface area contributed by atoms with Gasteiger partial charge in [-0.25, -0.2) is 0 Å². The molecule has 1 fully saturated rings. The van der Waals surface area contributed by atoms with Crippen molar-refractivity contribution in [2.24, 2.45) is 0 Å². The predicted molar refractivity (Wildman–Crippen MR) is 117 cm³/mol. The number of ether oxygens (including phenoxy) is 2. The van der Waals surface area contributed by atoms with E-state index in [2.05, 4.69) is 0 Å². The number of nitrogens with zero attached hydrogens (tertiary/aromatic N) is 1. The Bertz CT molecular complexity index is 1030. The number of hydrogen-bond acceptors (Lipinski definition) is 4. The van der Waals surface area contributed by atoms with Crippen molar-refractivity contribution in [1.29, 1.82) is 0 Å². The van der Waals surface area contributed by atoms with Crippen molar-refractivity contribution in [1.82, 2.24) is 4.90 Å². The highest BCUT2D eigenvalue weighted by molar-refractivity contribution is 6.31. The third-order valence-corrected chi connectivity index (χ3v) is 5.63. The van der Waals surface area contributed by atoms with Gasteiger partial charge < -0.3 is 14.6 Å². The summed E-state index contributed by atoms with van der Waals surface area (Å²) in [6.45, 7) is 0.0363. The lowest BCUT2D eigenvalue weighted by molar-refractivity contribution is -0.140. The molecule has 0 saturated carbocycles. The fourth-order valence-corrected chi connectivity index (χ4v) is 3.85. The zero-order valence-corrected chi connectivity index (χ0v) is 19.5. The van der Waals surface area contributed by atoms with E-state index < -0.39 is 42.2 Å². The minimum Gasteiger partial charge on any atom is -0.489 e. The summed E-state index contributed by atoms with van der Waals surface area (Å²) in [5.74, 6) is -1.31. The molecule has 0 aromatic heterocycles. The summed E-state index contributed by atoms with van der Waals surface area (Å²) >= 11 is 5.87. The van der Waals surface area contributed by atoms with Crippen molar-refractivity contribution >= 4 is 30.0 Å². The second-order valence-corrected chi connectivity index (χ2v) is 8.01. The number of rotatable bonds is 7. The molecule has 1 saturated heterocycles. The van der Waals surface area contributed by atoms with Gasteiger partial charge in [0.15, 0.2) is 0 Å². The maximum Gasteiger partial charge on any atom is 0.416 e. The van der Waals surface area contributed by atoms with Crippen LogP contribution in [0.3, 0.4) is 0 Å². The maximum atomic E-state index is 13.8. The summed E-state index contributed by atoms with van der Waals surface area (Å²) < 4.78 is 92.0. The Balaban J connectivity index is 0.00000432. The molecular formula is C22H21Cl2F6NO4. The first-order valence-electron chi connectivity index (χ1n) is 10.1. The standard InChI is InChI=1S/C22H20ClF6NO4.ClH/c23-18-3-1-2-16(21(24,25)26)15(18)12-34-13-4-5-14(17(10-13)22(27,28)29)19-11-30(8-9-33-19)7-6-20(31)32;/h1-5,10,19H,6-9,11-12H2,(H,31,32);1H. The Kier molecular flexibility index (Phi) is 9.69. The van der Waals surface area contributed by atoms with Crippen molar-refractivity contribution in [2.45, 2.75) is 31.5 Å². The average molecular weight is 548 g/mol. The van der Waals surface area contributed by atoms with Gasteiger partial charge in [0.1, 0.15) is 12.4 Å². The van der Waals surface area contributed by atoms with E-state index >= 15 is 0 Å². The van der Waals surface area contributed by atoms with Crippen molar-refractivity contribution in [2.75, 3.05) is 26.2 Å². The third-order valence-electron chi connectivity index (χ3n) is 5.28. The number of hydrogen-bond donors (Lipinski definition) is 1. The van der Waals surface area contributed by atoms with Crippen LogP contribution in [0.5, 0.6) is 5.75 Å². The lowest BCUT2D eigenvalue weighted by Crippen LogP contribution is -2.40. The second kappa shape index (κ2) is 11.7. The molecule has 1 aliphatic heterocycles.